The second-order valence-electron chi connectivity index (χ2n) is 4.16. The average Bonchev–Trinajstić information content (AvgIpc) is 2.25. The van der Waals surface area contributed by atoms with Gasteiger partial charge in [-0.15, -0.1) is 0 Å². The summed E-state index contributed by atoms with van der Waals surface area (Å²) in [6.45, 7) is 7.87. The van der Waals surface area contributed by atoms with Crippen LogP contribution in [0.3, 0.4) is 0 Å². The Morgan fingerprint density at radius 1 is 1.43 bits per heavy atom. The molecule has 0 aromatic heterocycles. The fourth-order valence-corrected chi connectivity index (χ4v) is 2.10. The maximum Gasteiger partial charge on any atom is 0.0558 e. The van der Waals surface area contributed by atoms with E-state index in [0.29, 0.717) is 0 Å². The molecule has 0 bridgehead atoms. The first kappa shape index (κ1) is 12.0. The van der Waals surface area contributed by atoms with Crippen molar-refractivity contribution in [3.8, 4) is 0 Å². The predicted octanol–water partition coefficient (Wildman–Crippen LogP) is 0.690. The highest BCUT2D eigenvalue weighted by Crippen LogP contribution is 2.14. The van der Waals surface area contributed by atoms with Crippen LogP contribution in [0, 0.1) is 5.92 Å². The zero-order valence-corrected chi connectivity index (χ0v) is 9.34. The van der Waals surface area contributed by atoms with Crippen molar-refractivity contribution >= 4 is 0 Å². The number of nitrogens with one attached hydrogen (secondary N) is 1. The van der Waals surface area contributed by atoms with Crippen LogP contribution in [0.2, 0.25) is 0 Å². The summed E-state index contributed by atoms with van der Waals surface area (Å²) < 4.78 is 0. The average molecular weight is 200 g/mol. The van der Waals surface area contributed by atoms with Crippen molar-refractivity contribution in [2.45, 2.75) is 26.2 Å². The first-order valence-corrected chi connectivity index (χ1v) is 5.90. The van der Waals surface area contributed by atoms with Crippen molar-refractivity contribution < 1.29 is 5.11 Å². The first-order valence-electron chi connectivity index (χ1n) is 5.90. The molecule has 1 aliphatic rings. The molecule has 84 valence electrons. The minimum Gasteiger partial charge on any atom is -0.395 e. The molecule has 1 atom stereocenters. The molecule has 3 heteroatoms. The van der Waals surface area contributed by atoms with E-state index in [1.165, 1.54) is 32.4 Å². The maximum absolute atomic E-state index is 8.85. The van der Waals surface area contributed by atoms with E-state index >= 15 is 0 Å². The van der Waals surface area contributed by atoms with Gasteiger partial charge in [-0.3, -0.25) is 0 Å². The summed E-state index contributed by atoms with van der Waals surface area (Å²) >= 11 is 0. The number of piperidine rings is 1. The molecule has 1 rings (SSSR count). The summed E-state index contributed by atoms with van der Waals surface area (Å²) in [5.74, 6) is 0.858. The minimum absolute atomic E-state index is 0.288. The SMILES string of the molecule is CCN(CCO)CC[C@@H]1CCCNC1. The highest BCUT2D eigenvalue weighted by Gasteiger charge is 2.13. The molecule has 1 fully saturated rings. The quantitative estimate of drug-likeness (QED) is 0.662. The molecule has 1 saturated heterocycles. The number of hydrogen-bond donors (Lipinski definition) is 2. The normalized spacial score (nSPS) is 22.9. The van der Waals surface area contributed by atoms with Gasteiger partial charge in [0.15, 0.2) is 0 Å². The predicted molar refractivity (Wildman–Crippen MR) is 59.4 cm³/mol. The number of likely N-dealkylation sites (N-methyl/N-ethyl adjacent to an activating group) is 1. The minimum atomic E-state index is 0.288. The Kier molecular flexibility index (Phi) is 6.15. The molecule has 0 amide bonds. The van der Waals surface area contributed by atoms with Crippen molar-refractivity contribution in [1.82, 2.24) is 10.2 Å². The molecule has 1 aliphatic heterocycles. The van der Waals surface area contributed by atoms with Gasteiger partial charge in [0, 0.05) is 6.54 Å². The Morgan fingerprint density at radius 3 is 2.86 bits per heavy atom. The van der Waals surface area contributed by atoms with Gasteiger partial charge in [0.25, 0.3) is 0 Å². The zero-order chi connectivity index (χ0) is 10.2. The van der Waals surface area contributed by atoms with E-state index in [-0.39, 0.29) is 6.61 Å². The summed E-state index contributed by atoms with van der Waals surface area (Å²) in [4.78, 5) is 2.33. The Labute approximate surface area is 87.5 Å². The maximum atomic E-state index is 8.85. The molecule has 0 spiro atoms. The van der Waals surface area contributed by atoms with E-state index in [1.54, 1.807) is 0 Å². The second-order valence-corrected chi connectivity index (χ2v) is 4.16. The zero-order valence-electron chi connectivity index (χ0n) is 9.34. The van der Waals surface area contributed by atoms with Crippen molar-refractivity contribution in [3.05, 3.63) is 0 Å². The lowest BCUT2D eigenvalue weighted by atomic mass is 9.96. The lowest BCUT2D eigenvalue weighted by molar-refractivity contribution is 0.188. The highest BCUT2D eigenvalue weighted by atomic mass is 16.3. The van der Waals surface area contributed by atoms with Gasteiger partial charge in [-0.25, -0.2) is 0 Å². The molecule has 0 saturated carbocycles. The molecule has 1 heterocycles. The Balaban J connectivity index is 2.10. The molecule has 0 aliphatic carbocycles. The van der Waals surface area contributed by atoms with E-state index in [9.17, 15) is 0 Å². The van der Waals surface area contributed by atoms with Crippen molar-refractivity contribution in [3.63, 3.8) is 0 Å². The standard InChI is InChI=1S/C11H24N2O/c1-2-13(8-9-14)7-5-11-4-3-6-12-10-11/h11-12,14H,2-10H2,1H3/t11-/m0/s1. The van der Waals surface area contributed by atoms with Crippen LogP contribution in [0.1, 0.15) is 26.2 Å². The van der Waals surface area contributed by atoms with Crippen LogP contribution >= 0.6 is 0 Å². The largest absolute Gasteiger partial charge is 0.395 e. The fourth-order valence-electron chi connectivity index (χ4n) is 2.10. The summed E-state index contributed by atoms with van der Waals surface area (Å²) in [6.07, 6.45) is 3.99. The number of nitrogens with zero attached hydrogens (tertiary/aromatic N) is 1. The summed E-state index contributed by atoms with van der Waals surface area (Å²) in [5.41, 5.74) is 0. The van der Waals surface area contributed by atoms with Gasteiger partial charge in [0.2, 0.25) is 0 Å². The van der Waals surface area contributed by atoms with Gasteiger partial charge in [0.1, 0.15) is 0 Å². The Morgan fingerprint density at radius 2 is 2.29 bits per heavy atom. The molecule has 14 heavy (non-hydrogen) atoms. The first-order chi connectivity index (χ1) is 6.86. The van der Waals surface area contributed by atoms with E-state index in [0.717, 1.165) is 25.6 Å². The van der Waals surface area contributed by atoms with Crippen LogP contribution in [0.15, 0.2) is 0 Å². The smallest absolute Gasteiger partial charge is 0.0558 e. The van der Waals surface area contributed by atoms with Crippen molar-refractivity contribution in [2.75, 3.05) is 39.3 Å². The third-order valence-corrected chi connectivity index (χ3v) is 3.12. The van der Waals surface area contributed by atoms with Crippen molar-refractivity contribution in [1.29, 1.82) is 0 Å². The topological polar surface area (TPSA) is 35.5 Å². The summed E-state index contributed by atoms with van der Waals surface area (Å²) in [5, 5.41) is 12.3. The van der Waals surface area contributed by atoms with E-state index in [2.05, 4.69) is 17.1 Å². The number of aliphatic hydroxyl groups is 1. The van der Waals surface area contributed by atoms with E-state index in [4.69, 9.17) is 5.11 Å². The number of aliphatic hydroxyl groups excluding tert-OH is 1. The third-order valence-electron chi connectivity index (χ3n) is 3.12. The Bertz CT molecular complexity index is 130. The van der Waals surface area contributed by atoms with Crippen LogP contribution < -0.4 is 5.32 Å². The Hall–Kier alpha value is -0.120. The molecule has 2 N–H and O–H groups in total. The van der Waals surface area contributed by atoms with Crippen LogP contribution in [-0.4, -0.2) is 49.3 Å². The molecular formula is C11H24N2O. The highest BCUT2D eigenvalue weighted by molar-refractivity contribution is 4.70. The molecule has 0 unspecified atom stereocenters. The van der Waals surface area contributed by atoms with Gasteiger partial charge in [0.05, 0.1) is 6.61 Å². The lowest BCUT2D eigenvalue weighted by Gasteiger charge is -2.26. The van der Waals surface area contributed by atoms with E-state index in [1.807, 2.05) is 0 Å². The van der Waals surface area contributed by atoms with Crippen LogP contribution in [0.5, 0.6) is 0 Å². The van der Waals surface area contributed by atoms with Crippen molar-refractivity contribution in [2.24, 2.45) is 5.92 Å². The van der Waals surface area contributed by atoms with Gasteiger partial charge in [-0.05, 0) is 51.4 Å². The van der Waals surface area contributed by atoms with Gasteiger partial charge in [-0.2, -0.15) is 0 Å². The molecule has 0 aromatic rings. The van der Waals surface area contributed by atoms with Crippen LogP contribution in [0.4, 0.5) is 0 Å². The molecule has 3 nitrogen and oxygen atoms in total. The van der Waals surface area contributed by atoms with Crippen LogP contribution in [0.25, 0.3) is 0 Å². The third kappa shape index (κ3) is 4.40. The van der Waals surface area contributed by atoms with Gasteiger partial charge >= 0.3 is 0 Å². The van der Waals surface area contributed by atoms with Crippen LogP contribution in [-0.2, 0) is 0 Å². The monoisotopic (exact) mass is 200 g/mol. The number of rotatable bonds is 6. The molecule has 0 aromatic carbocycles. The lowest BCUT2D eigenvalue weighted by Crippen LogP contribution is -2.34. The summed E-state index contributed by atoms with van der Waals surface area (Å²) in [6, 6.07) is 0. The van der Waals surface area contributed by atoms with Gasteiger partial charge < -0.3 is 15.3 Å². The van der Waals surface area contributed by atoms with E-state index < -0.39 is 0 Å². The fraction of sp³-hybridized carbons (Fsp3) is 1.00. The van der Waals surface area contributed by atoms with Gasteiger partial charge in [-0.1, -0.05) is 6.92 Å². The summed E-state index contributed by atoms with van der Waals surface area (Å²) in [7, 11) is 0. The number of hydrogen-bond acceptors (Lipinski definition) is 3. The molecular weight excluding hydrogens is 176 g/mol. The molecule has 0 radical (unpaired) electrons. The second kappa shape index (κ2) is 7.21.